The Morgan fingerprint density at radius 1 is 1.24 bits per heavy atom. The van der Waals surface area contributed by atoms with Crippen molar-refractivity contribution in [1.29, 1.82) is 0 Å². The molecule has 136 valence electrons. The van der Waals surface area contributed by atoms with Gasteiger partial charge in [0.2, 0.25) is 0 Å². The van der Waals surface area contributed by atoms with E-state index in [9.17, 15) is 9.59 Å². The lowest BCUT2D eigenvalue weighted by Gasteiger charge is -2.33. The molecular formula is C18H26N4O3. The molecule has 0 radical (unpaired) electrons. The van der Waals surface area contributed by atoms with Gasteiger partial charge >= 0.3 is 6.09 Å². The lowest BCUT2D eigenvalue weighted by atomic mass is 10.0. The number of nitrogens with two attached hydrogens (primary N) is 1. The van der Waals surface area contributed by atoms with Crippen molar-refractivity contribution in [2.75, 3.05) is 13.1 Å². The molecule has 1 fully saturated rings. The minimum absolute atomic E-state index is 0.00745. The lowest BCUT2D eigenvalue weighted by molar-refractivity contribution is 0.0473. The van der Waals surface area contributed by atoms with Crippen molar-refractivity contribution < 1.29 is 14.3 Å². The van der Waals surface area contributed by atoms with Crippen LogP contribution in [0, 0.1) is 0 Å². The maximum absolute atomic E-state index is 12.5. The maximum Gasteiger partial charge on any atom is 0.407 e. The van der Waals surface area contributed by atoms with Gasteiger partial charge in [-0.05, 0) is 51.3 Å². The Hall–Kier alpha value is -2.57. The van der Waals surface area contributed by atoms with Crippen LogP contribution in [0.4, 0.5) is 4.79 Å². The van der Waals surface area contributed by atoms with Crippen LogP contribution in [0.1, 0.15) is 49.5 Å². The first-order valence-corrected chi connectivity index (χ1v) is 8.40. The highest BCUT2D eigenvalue weighted by Gasteiger charge is 2.26. The summed E-state index contributed by atoms with van der Waals surface area (Å²) in [5, 5.41) is 6.33. The smallest absolute Gasteiger partial charge is 0.407 e. The highest BCUT2D eigenvalue weighted by atomic mass is 16.6. The average Bonchev–Trinajstić information content (AvgIpc) is 2.54. The second-order valence-electron chi connectivity index (χ2n) is 7.11. The molecule has 1 aromatic rings. The van der Waals surface area contributed by atoms with Gasteiger partial charge in [0.1, 0.15) is 5.60 Å². The Balaban J connectivity index is 1.85. The highest BCUT2D eigenvalue weighted by molar-refractivity contribution is 5.95. The highest BCUT2D eigenvalue weighted by Crippen LogP contribution is 2.15. The quantitative estimate of drug-likeness (QED) is 0.497. The molecule has 0 unspecified atom stereocenters. The second kappa shape index (κ2) is 8.00. The van der Waals surface area contributed by atoms with Crippen LogP contribution in [0.25, 0.3) is 0 Å². The van der Waals surface area contributed by atoms with E-state index >= 15 is 0 Å². The molecule has 7 heteroatoms. The van der Waals surface area contributed by atoms with Crippen LogP contribution in [0.3, 0.4) is 0 Å². The third-order valence-electron chi connectivity index (χ3n) is 3.88. The number of hydrogen-bond donors (Lipinski definition) is 2. The van der Waals surface area contributed by atoms with E-state index in [1.54, 1.807) is 29.2 Å². The van der Waals surface area contributed by atoms with Crippen LogP contribution in [-0.2, 0) is 4.74 Å². The molecule has 3 N–H and O–H groups in total. The number of carbonyl (C=O) groups excluding carboxylic acids is 2. The van der Waals surface area contributed by atoms with Crippen LogP contribution >= 0.6 is 0 Å². The Morgan fingerprint density at radius 3 is 2.36 bits per heavy atom. The summed E-state index contributed by atoms with van der Waals surface area (Å²) < 4.78 is 5.26. The fourth-order valence-electron chi connectivity index (χ4n) is 2.68. The van der Waals surface area contributed by atoms with Gasteiger partial charge in [-0.2, -0.15) is 5.10 Å². The number of nitrogens with zero attached hydrogens (tertiary/aromatic N) is 2. The summed E-state index contributed by atoms with van der Waals surface area (Å²) in [6.45, 7) is 6.70. The first-order valence-electron chi connectivity index (χ1n) is 8.40. The lowest BCUT2D eigenvalue weighted by Crippen LogP contribution is -2.47. The molecule has 7 nitrogen and oxygen atoms in total. The van der Waals surface area contributed by atoms with Crippen molar-refractivity contribution in [2.45, 2.75) is 45.3 Å². The molecule has 1 saturated heterocycles. The number of nitrogens with one attached hydrogen (secondary N) is 1. The van der Waals surface area contributed by atoms with Gasteiger partial charge < -0.3 is 20.8 Å². The molecule has 0 atom stereocenters. The molecule has 1 heterocycles. The van der Waals surface area contributed by atoms with Crippen molar-refractivity contribution in [1.82, 2.24) is 10.2 Å². The summed E-state index contributed by atoms with van der Waals surface area (Å²) in [6.07, 6.45) is 2.54. The predicted octanol–water partition coefficient (Wildman–Crippen LogP) is 2.11. The van der Waals surface area contributed by atoms with Crippen LogP contribution in [-0.4, -0.2) is 47.8 Å². The molecule has 0 aliphatic carbocycles. The second-order valence-corrected chi connectivity index (χ2v) is 7.11. The van der Waals surface area contributed by atoms with Crippen molar-refractivity contribution in [3.63, 3.8) is 0 Å². The van der Waals surface area contributed by atoms with Crippen molar-refractivity contribution >= 4 is 18.2 Å². The van der Waals surface area contributed by atoms with E-state index in [0.717, 1.165) is 5.56 Å². The zero-order chi connectivity index (χ0) is 18.4. The van der Waals surface area contributed by atoms with Crippen molar-refractivity contribution in [2.24, 2.45) is 10.9 Å². The van der Waals surface area contributed by atoms with E-state index in [0.29, 0.717) is 31.5 Å². The number of ether oxygens (including phenoxy) is 1. The van der Waals surface area contributed by atoms with Crippen LogP contribution in [0.15, 0.2) is 29.4 Å². The Bertz CT molecular complexity index is 627. The monoisotopic (exact) mass is 346 g/mol. The average molecular weight is 346 g/mol. The molecular weight excluding hydrogens is 320 g/mol. The van der Waals surface area contributed by atoms with E-state index < -0.39 is 11.7 Å². The minimum Gasteiger partial charge on any atom is -0.444 e. The third-order valence-corrected chi connectivity index (χ3v) is 3.88. The number of hydrazone groups is 1. The zero-order valence-electron chi connectivity index (χ0n) is 15.0. The van der Waals surface area contributed by atoms with Gasteiger partial charge in [0.05, 0.1) is 6.21 Å². The number of amides is 2. The number of likely N-dealkylation sites (tertiary alicyclic amines) is 1. The standard InChI is InChI=1S/C18H26N4O3/c1-18(2,3)25-17(24)21-15-8-10-22(11-9-15)16(23)14-6-4-13(5-7-14)12-20-19/h4-7,12,15H,8-11,19H2,1-3H3,(H,21,24). The topological polar surface area (TPSA) is 97.0 Å². The molecule has 0 saturated carbocycles. The molecule has 2 rings (SSSR count). The van der Waals surface area contributed by atoms with E-state index in [2.05, 4.69) is 10.4 Å². The van der Waals surface area contributed by atoms with Gasteiger partial charge in [-0.1, -0.05) is 12.1 Å². The van der Waals surface area contributed by atoms with Gasteiger partial charge in [-0.3, -0.25) is 4.79 Å². The normalized spacial score (nSPS) is 16.0. The summed E-state index contributed by atoms with van der Waals surface area (Å²) in [7, 11) is 0. The van der Waals surface area contributed by atoms with E-state index in [1.807, 2.05) is 20.8 Å². The van der Waals surface area contributed by atoms with Crippen molar-refractivity contribution in [3.8, 4) is 0 Å². The first kappa shape index (κ1) is 18.8. The van der Waals surface area contributed by atoms with Gasteiger partial charge in [-0.15, -0.1) is 0 Å². The van der Waals surface area contributed by atoms with Gasteiger partial charge in [0.25, 0.3) is 5.91 Å². The summed E-state index contributed by atoms with van der Waals surface area (Å²) in [5.41, 5.74) is 0.966. The predicted molar refractivity (Wildman–Crippen MR) is 96.5 cm³/mol. The number of hydrogen-bond acceptors (Lipinski definition) is 5. The SMILES string of the molecule is CC(C)(C)OC(=O)NC1CCN(C(=O)c2ccc(C=NN)cc2)CC1. The molecule has 2 amide bonds. The van der Waals surface area contributed by atoms with Crippen LogP contribution < -0.4 is 11.2 Å². The summed E-state index contributed by atoms with van der Waals surface area (Å²) in [4.78, 5) is 26.2. The van der Waals surface area contributed by atoms with E-state index in [-0.39, 0.29) is 11.9 Å². The molecule has 0 aromatic heterocycles. The summed E-state index contributed by atoms with van der Waals surface area (Å²) in [5.74, 6) is 5.10. The fourth-order valence-corrected chi connectivity index (χ4v) is 2.68. The fraction of sp³-hybridized carbons (Fsp3) is 0.500. The number of piperidine rings is 1. The number of alkyl carbamates (subject to hydrolysis) is 1. The Morgan fingerprint density at radius 2 is 1.84 bits per heavy atom. The first-order chi connectivity index (χ1) is 11.8. The Labute approximate surface area is 148 Å². The zero-order valence-corrected chi connectivity index (χ0v) is 15.0. The van der Waals surface area contributed by atoms with Crippen LogP contribution in [0.5, 0.6) is 0 Å². The van der Waals surface area contributed by atoms with Crippen LogP contribution in [0.2, 0.25) is 0 Å². The number of benzene rings is 1. The largest absolute Gasteiger partial charge is 0.444 e. The maximum atomic E-state index is 12.5. The van der Waals surface area contributed by atoms with Crippen molar-refractivity contribution in [3.05, 3.63) is 35.4 Å². The minimum atomic E-state index is -0.512. The molecule has 1 aromatic carbocycles. The molecule has 1 aliphatic rings. The summed E-state index contributed by atoms with van der Waals surface area (Å²) >= 11 is 0. The van der Waals surface area contributed by atoms with Gasteiger partial charge in [0.15, 0.2) is 0 Å². The van der Waals surface area contributed by atoms with E-state index in [4.69, 9.17) is 10.6 Å². The third kappa shape index (κ3) is 5.77. The number of carbonyl (C=O) groups is 2. The van der Waals surface area contributed by atoms with Gasteiger partial charge in [0, 0.05) is 24.7 Å². The molecule has 1 aliphatic heterocycles. The molecule has 0 bridgehead atoms. The molecule has 25 heavy (non-hydrogen) atoms. The van der Waals surface area contributed by atoms with Gasteiger partial charge in [-0.25, -0.2) is 4.79 Å². The number of rotatable bonds is 3. The van der Waals surface area contributed by atoms with E-state index in [1.165, 1.54) is 6.21 Å². The summed E-state index contributed by atoms with van der Waals surface area (Å²) in [6, 6.07) is 7.18. The molecule has 0 spiro atoms. The Kier molecular flexibility index (Phi) is 6.01.